The Balaban J connectivity index is 2.09. The number of piperidine rings is 1. The first-order valence-corrected chi connectivity index (χ1v) is 7.32. The Morgan fingerprint density at radius 2 is 2.18 bits per heavy atom. The molecule has 17 heavy (non-hydrogen) atoms. The highest BCUT2D eigenvalue weighted by atomic mass is 32.1. The van der Waals surface area contributed by atoms with Crippen molar-refractivity contribution in [1.29, 1.82) is 0 Å². The van der Waals surface area contributed by atoms with Gasteiger partial charge in [-0.3, -0.25) is 4.90 Å². The molecule has 2 N–H and O–H groups in total. The van der Waals surface area contributed by atoms with E-state index in [2.05, 4.69) is 30.7 Å². The van der Waals surface area contributed by atoms with E-state index in [-0.39, 0.29) is 0 Å². The fourth-order valence-corrected chi connectivity index (χ4v) is 3.58. The molecule has 0 radical (unpaired) electrons. The number of nitrogens with zero attached hydrogens (tertiary/aromatic N) is 2. The number of nitrogens with two attached hydrogens (primary N) is 1. The van der Waals surface area contributed by atoms with Crippen LogP contribution in [0.3, 0.4) is 0 Å². The van der Waals surface area contributed by atoms with Crippen molar-refractivity contribution in [1.82, 2.24) is 9.88 Å². The highest BCUT2D eigenvalue weighted by Crippen LogP contribution is 2.26. The summed E-state index contributed by atoms with van der Waals surface area (Å²) in [5.74, 6) is 0. The molecular formula is C13H23N3S. The van der Waals surface area contributed by atoms with Gasteiger partial charge >= 0.3 is 0 Å². The van der Waals surface area contributed by atoms with E-state index >= 15 is 0 Å². The number of rotatable bonds is 3. The lowest BCUT2D eigenvalue weighted by atomic mass is 9.96. The maximum atomic E-state index is 5.89. The Kier molecular flexibility index (Phi) is 4.17. The van der Waals surface area contributed by atoms with Gasteiger partial charge in [-0.25, -0.2) is 4.98 Å². The Morgan fingerprint density at radius 3 is 2.76 bits per heavy atom. The lowest BCUT2D eigenvalue weighted by Gasteiger charge is -2.39. The molecule has 2 heterocycles. The molecule has 3 nitrogen and oxygen atoms in total. The molecule has 0 bridgehead atoms. The van der Waals surface area contributed by atoms with Gasteiger partial charge in [-0.1, -0.05) is 6.42 Å². The minimum Gasteiger partial charge on any atom is -0.329 e. The van der Waals surface area contributed by atoms with Gasteiger partial charge in [0.2, 0.25) is 0 Å². The first-order valence-electron chi connectivity index (χ1n) is 6.50. The smallest absolute Gasteiger partial charge is 0.107 e. The van der Waals surface area contributed by atoms with Crippen LogP contribution in [0.1, 0.15) is 41.8 Å². The molecule has 96 valence electrons. The molecule has 1 aliphatic rings. The average molecular weight is 253 g/mol. The molecule has 1 aromatic rings. The van der Waals surface area contributed by atoms with E-state index in [1.807, 2.05) is 11.3 Å². The fraction of sp³-hybridized carbons (Fsp3) is 0.769. The third-order valence-electron chi connectivity index (χ3n) is 3.86. The van der Waals surface area contributed by atoms with Gasteiger partial charge in [-0.2, -0.15) is 0 Å². The van der Waals surface area contributed by atoms with Crippen molar-refractivity contribution in [3.05, 3.63) is 15.6 Å². The lowest BCUT2D eigenvalue weighted by Crippen LogP contribution is -2.48. The summed E-state index contributed by atoms with van der Waals surface area (Å²) in [7, 11) is 0. The Morgan fingerprint density at radius 1 is 1.41 bits per heavy atom. The Hall–Kier alpha value is -0.450. The van der Waals surface area contributed by atoms with Crippen LogP contribution in [0.25, 0.3) is 0 Å². The van der Waals surface area contributed by atoms with E-state index in [1.165, 1.54) is 34.8 Å². The van der Waals surface area contributed by atoms with Crippen LogP contribution < -0.4 is 5.73 Å². The molecule has 0 amide bonds. The molecule has 0 aromatic carbocycles. The highest BCUT2D eigenvalue weighted by Gasteiger charge is 2.27. The largest absolute Gasteiger partial charge is 0.329 e. The van der Waals surface area contributed by atoms with Gasteiger partial charge in [-0.15, -0.1) is 11.3 Å². The normalized spacial score (nSPS) is 26.4. The zero-order valence-corrected chi connectivity index (χ0v) is 11.9. The number of hydrogen-bond donors (Lipinski definition) is 1. The minimum atomic E-state index is 0.545. The predicted molar refractivity (Wildman–Crippen MR) is 73.3 cm³/mol. The zero-order valence-electron chi connectivity index (χ0n) is 11.1. The molecule has 1 aliphatic heterocycles. The lowest BCUT2D eigenvalue weighted by molar-refractivity contribution is 0.0891. The first-order chi connectivity index (χ1) is 8.11. The van der Waals surface area contributed by atoms with E-state index in [0.29, 0.717) is 12.1 Å². The van der Waals surface area contributed by atoms with Gasteiger partial charge in [-0.05, 0) is 33.6 Å². The van der Waals surface area contributed by atoms with Gasteiger partial charge < -0.3 is 5.73 Å². The second-order valence-corrected chi connectivity index (χ2v) is 6.38. The van der Waals surface area contributed by atoms with Crippen LogP contribution in [0.2, 0.25) is 0 Å². The van der Waals surface area contributed by atoms with Gasteiger partial charge in [0.25, 0.3) is 0 Å². The van der Waals surface area contributed by atoms with Crippen molar-refractivity contribution >= 4 is 11.3 Å². The number of likely N-dealkylation sites (tertiary alicyclic amines) is 1. The molecule has 0 saturated carbocycles. The van der Waals surface area contributed by atoms with Crippen molar-refractivity contribution < 1.29 is 0 Å². The third kappa shape index (κ3) is 2.87. The molecular weight excluding hydrogens is 230 g/mol. The number of hydrogen-bond acceptors (Lipinski definition) is 4. The molecule has 2 atom stereocenters. The highest BCUT2D eigenvalue weighted by molar-refractivity contribution is 7.11. The summed E-state index contributed by atoms with van der Waals surface area (Å²) >= 11 is 1.83. The molecule has 4 heteroatoms. The summed E-state index contributed by atoms with van der Waals surface area (Å²) in [5.41, 5.74) is 7.07. The maximum Gasteiger partial charge on any atom is 0.107 e. The van der Waals surface area contributed by atoms with E-state index in [9.17, 15) is 0 Å². The number of aryl methyl sites for hydroxylation is 2. The summed E-state index contributed by atoms with van der Waals surface area (Å²) in [4.78, 5) is 8.53. The maximum absolute atomic E-state index is 5.89. The van der Waals surface area contributed by atoms with Crippen LogP contribution in [-0.4, -0.2) is 28.5 Å². The number of thiazole rings is 1. The van der Waals surface area contributed by atoms with Crippen molar-refractivity contribution in [3.63, 3.8) is 0 Å². The second kappa shape index (κ2) is 5.46. The van der Waals surface area contributed by atoms with E-state index < -0.39 is 0 Å². The van der Waals surface area contributed by atoms with E-state index in [0.717, 1.165) is 13.1 Å². The van der Waals surface area contributed by atoms with Crippen LogP contribution in [0.4, 0.5) is 0 Å². The van der Waals surface area contributed by atoms with Crippen LogP contribution in [0, 0.1) is 13.8 Å². The molecule has 0 aliphatic carbocycles. The molecule has 1 aromatic heterocycles. The van der Waals surface area contributed by atoms with Crippen LogP contribution in [-0.2, 0) is 6.54 Å². The minimum absolute atomic E-state index is 0.545. The number of aromatic nitrogens is 1. The van der Waals surface area contributed by atoms with Crippen molar-refractivity contribution in [2.75, 3.05) is 6.54 Å². The standard InChI is InChI=1S/C13H23N3S/c1-9-5-4-6-12(7-14)16(9)8-13-15-10(2)11(3)17-13/h9,12H,4-8,14H2,1-3H3. The van der Waals surface area contributed by atoms with Crippen LogP contribution in [0.15, 0.2) is 0 Å². The quantitative estimate of drug-likeness (QED) is 0.900. The third-order valence-corrected chi connectivity index (χ3v) is 4.91. The molecule has 1 fully saturated rings. The Bertz CT molecular complexity index is 355. The summed E-state index contributed by atoms with van der Waals surface area (Å²) in [5, 5.41) is 1.24. The van der Waals surface area contributed by atoms with Gasteiger partial charge in [0.15, 0.2) is 0 Å². The van der Waals surface area contributed by atoms with Gasteiger partial charge in [0, 0.05) is 23.5 Å². The second-order valence-electron chi connectivity index (χ2n) is 5.09. The van der Waals surface area contributed by atoms with E-state index in [4.69, 9.17) is 5.73 Å². The monoisotopic (exact) mass is 253 g/mol. The van der Waals surface area contributed by atoms with Crippen molar-refractivity contribution in [3.8, 4) is 0 Å². The van der Waals surface area contributed by atoms with Crippen LogP contribution in [0.5, 0.6) is 0 Å². The predicted octanol–water partition coefficient (Wildman–Crippen LogP) is 2.46. The molecule has 1 saturated heterocycles. The summed E-state index contributed by atoms with van der Waals surface area (Å²) in [6.07, 6.45) is 3.85. The zero-order chi connectivity index (χ0) is 12.4. The van der Waals surface area contributed by atoms with Crippen molar-refractivity contribution in [2.24, 2.45) is 5.73 Å². The Labute approximate surface area is 108 Å². The fourth-order valence-electron chi connectivity index (χ4n) is 2.64. The first kappa shape index (κ1) is 13.0. The van der Waals surface area contributed by atoms with E-state index in [1.54, 1.807) is 0 Å². The summed E-state index contributed by atoms with van der Waals surface area (Å²) in [6, 6.07) is 1.19. The molecule has 0 spiro atoms. The van der Waals surface area contributed by atoms with Gasteiger partial charge in [0.1, 0.15) is 5.01 Å². The summed E-state index contributed by atoms with van der Waals surface area (Å²) in [6.45, 7) is 8.30. The SMILES string of the molecule is Cc1nc(CN2C(C)CCCC2CN)sc1C. The topological polar surface area (TPSA) is 42.2 Å². The van der Waals surface area contributed by atoms with Crippen LogP contribution >= 0.6 is 11.3 Å². The molecule has 2 unspecified atom stereocenters. The molecule has 2 rings (SSSR count). The van der Waals surface area contributed by atoms with Gasteiger partial charge in [0.05, 0.1) is 12.2 Å². The van der Waals surface area contributed by atoms with Crippen molar-refractivity contribution in [2.45, 2.75) is 58.7 Å². The summed E-state index contributed by atoms with van der Waals surface area (Å²) < 4.78 is 0. The average Bonchev–Trinajstić information content (AvgIpc) is 2.61.